The highest BCUT2D eigenvalue weighted by atomic mass is 32.1. The summed E-state index contributed by atoms with van der Waals surface area (Å²) in [4.78, 5) is 17.7. The molecule has 1 fully saturated rings. The number of carbonyl (C=O) groups excluding carboxylic acids is 1. The third-order valence-corrected chi connectivity index (χ3v) is 3.31. The zero-order valence-electron chi connectivity index (χ0n) is 8.06. The van der Waals surface area contributed by atoms with Crippen molar-refractivity contribution in [1.82, 2.24) is 4.98 Å². The fraction of sp³-hybridized carbons (Fsp3) is 0.400. The van der Waals surface area contributed by atoms with Crippen LogP contribution in [0.4, 0.5) is 5.13 Å². The molecule has 2 heterocycles. The number of aromatic nitrogens is 1. The molecule has 1 aromatic heterocycles. The minimum absolute atomic E-state index is 0.157. The second-order valence-corrected chi connectivity index (χ2v) is 4.31. The Hall–Kier alpha value is -1.16. The van der Waals surface area contributed by atoms with Gasteiger partial charge >= 0.3 is 0 Å². The monoisotopic (exact) mass is 208 g/mol. The van der Waals surface area contributed by atoms with Gasteiger partial charge < -0.3 is 0 Å². The molecule has 74 valence electrons. The number of nitrogens with zero attached hydrogens (tertiary/aromatic N) is 2. The number of hydrogen-bond acceptors (Lipinski definition) is 3. The summed E-state index contributed by atoms with van der Waals surface area (Å²) in [7, 11) is 0. The van der Waals surface area contributed by atoms with Gasteiger partial charge in [0, 0.05) is 24.3 Å². The van der Waals surface area contributed by atoms with Gasteiger partial charge in [0.25, 0.3) is 0 Å². The number of aryl methyl sites for hydroxylation is 1. The van der Waals surface area contributed by atoms with Crippen LogP contribution in [0.1, 0.15) is 12.1 Å². The fourth-order valence-corrected chi connectivity index (χ4v) is 2.37. The van der Waals surface area contributed by atoms with E-state index in [1.54, 1.807) is 4.90 Å². The van der Waals surface area contributed by atoms with Crippen molar-refractivity contribution in [3.8, 4) is 0 Å². The van der Waals surface area contributed by atoms with Crippen molar-refractivity contribution in [2.75, 3.05) is 11.4 Å². The van der Waals surface area contributed by atoms with E-state index in [0.717, 1.165) is 17.4 Å². The van der Waals surface area contributed by atoms with Crippen molar-refractivity contribution >= 4 is 22.4 Å². The average Bonchev–Trinajstić information content (AvgIpc) is 2.71. The molecule has 1 unspecified atom stereocenters. The zero-order valence-corrected chi connectivity index (χ0v) is 8.88. The van der Waals surface area contributed by atoms with Gasteiger partial charge in [0.15, 0.2) is 5.13 Å². The summed E-state index contributed by atoms with van der Waals surface area (Å²) >= 11 is 1.52. The van der Waals surface area contributed by atoms with E-state index in [4.69, 9.17) is 0 Å². The fourth-order valence-electron chi connectivity index (χ4n) is 1.54. The van der Waals surface area contributed by atoms with Gasteiger partial charge in [-0.25, -0.2) is 4.98 Å². The Morgan fingerprint density at radius 3 is 3.07 bits per heavy atom. The van der Waals surface area contributed by atoms with Crippen LogP contribution in [0.25, 0.3) is 0 Å². The zero-order chi connectivity index (χ0) is 10.1. The SMILES string of the molecule is C=CC1CC(=O)N(c2nc(C)cs2)C1. The Bertz CT molecular complexity index is 372. The van der Waals surface area contributed by atoms with Crippen LogP contribution in [0.3, 0.4) is 0 Å². The first kappa shape index (κ1) is 9.40. The lowest BCUT2D eigenvalue weighted by molar-refractivity contribution is -0.117. The lowest BCUT2D eigenvalue weighted by Crippen LogP contribution is -2.24. The first-order valence-electron chi connectivity index (χ1n) is 4.55. The molecule has 0 radical (unpaired) electrons. The Morgan fingerprint density at radius 1 is 1.79 bits per heavy atom. The van der Waals surface area contributed by atoms with Crippen molar-refractivity contribution in [1.29, 1.82) is 0 Å². The molecule has 2 rings (SSSR count). The van der Waals surface area contributed by atoms with E-state index < -0.39 is 0 Å². The minimum atomic E-state index is 0.157. The van der Waals surface area contributed by atoms with Gasteiger partial charge in [-0.05, 0) is 6.92 Å². The number of rotatable bonds is 2. The van der Waals surface area contributed by atoms with Crippen LogP contribution in [0, 0.1) is 12.8 Å². The topological polar surface area (TPSA) is 33.2 Å². The van der Waals surface area contributed by atoms with Gasteiger partial charge in [0.2, 0.25) is 5.91 Å². The second kappa shape index (κ2) is 3.53. The number of carbonyl (C=O) groups is 1. The lowest BCUT2D eigenvalue weighted by atomic mass is 10.1. The standard InChI is InChI=1S/C10H12N2OS/c1-3-8-4-9(13)12(5-8)10-11-7(2)6-14-10/h3,6,8H,1,4-5H2,2H3. The molecule has 1 aliphatic rings. The normalized spacial score (nSPS) is 21.6. The number of hydrogen-bond donors (Lipinski definition) is 0. The molecular weight excluding hydrogens is 196 g/mol. The van der Waals surface area contributed by atoms with Gasteiger partial charge in [0.1, 0.15) is 0 Å². The van der Waals surface area contributed by atoms with E-state index in [2.05, 4.69) is 11.6 Å². The summed E-state index contributed by atoms with van der Waals surface area (Å²) in [6, 6.07) is 0. The third-order valence-electron chi connectivity index (χ3n) is 2.33. The summed E-state index contributed by atoms with van der Waals surface area (Å²) in [6.07, 6.45) is 2.42. The number of amides is 1. The first-order chi connectivity index (χ1) is 6.70. The van der Waals surface area contributed by atoms with Crippen molar-refractivity contribution in [3.05, 3.63) is 23.7 Å². The van der Waals surface area contributed by atoms with Crippen LogP contribution in [0.15, 0.2) is 18.0 Å². The summed E-state index contributed by atoms with van der Waals surface area (Å²) in [6.45, 7) is 6.38. The molecule has 0 bridgehead atoms. The summed E-state index contributed by atoms with van der Waals surface area (Å²) in [5.74, 6) is 0.441. The van der Waals surface area contributed by atoms with Crippen LogP contribution in [-0.4, -0.2) is 17.4 Å². The predicted octanol–water partition coefficient (Wildman–Crippen LogP) is 1.99. The molecule has 1 saturated heterocycles. The Kier molecular flexibility index (Phi) is 2.37. The second-order valence-electron chi connectivity index (χ2n) is 3.48. The van der Waals surface area contributed by atoms with Crippen molar-refractivity contribution in [2.45, 2.75) is 13.3 Å². The molecule has 4 heteroatoms. The minimum Gasteiger partial charge on any atom is -0.288 e. The van der Waals surface area contributed by atoms with Gasteiger partial charge in [-0.2, -0.15) is 0 Å². The largest absolute Gasteiger partial charge is 0.288 e. The van der Waals surface area contributed by atoms with Gasteiger partial charge in [-0.3, -0.25) is 9.69 Å². The highest BCUT2D eigenvalue weighted by Gasteiger charge is 2.30. The highest BCUT2D eigenvalue weighted by molar-refractivity contribution is 7.14. The van der Waals surface area contributed by atoms with E-state index in [1.807, 2.05) is 18.4 Å². The highest BCUT2D eigenvalue weighted by Crippen LogP contribution is 2.27. The molecule has 1 aromatic rings. The van der Waals surface area contributed by atoms with Crippen molar-refractivity contribution < 1.29 is 4.79 Å². The average molecular weight is 208 g/mol. The van der Waals surface area contributed by atoms with Gasteiger partial charge in [-0.1, -0.05) is 6.08 Å². The lowest BCUT2D eigenvalue weighted by Gasteiger charge is -2.11. The third kappa shape index (κ3) is 1.57. The Labute approximate surface area is 87.1 Å². The van der Waals surface area contributed by atoms with Crippen molar-refractivity contribution in [3.63, 3.8) is 0 Å². The number of anilines is 1. The van der Waals surface area contributed by atoms with E-state index >= 15 is 0 Å². The maximum Gasteiger partial charge on any atom is 0.229 e. The maximum atomic E-state index is 11.6. The molecule has 1 amide bonds. The molecule has 1 aliphatic heterocycles. The van der Waals surface area contributed by atoms with Crippen LogP contribution < -0.4 is 4.90 Å². The summed E-state index contributed by atoms with van der Waals surface area (Å²) < 4.78 is 0. The molecule has 0 aliphatic carbocycles. The van der Waals surface area contributed by atoms with E-state index in [9.17, 15) is 4.79 Å². The molecule has 14 heavy (non-hydrogen) atoms. The smallest absolute Gasteiger partial charge is 0.229 e. The Balaban J connectivity index is 2.20. The number of thiazole rings is 1. The van der Waals surface area contributed by atoms with E-state index in [1.165, 1.54) is 11.3 Å². The first-order valence-corrected chi connectivity index (χ1v) is 5.43. The maximum absolute atomic E-state index is 11.6. The molecule has 1 atom stereocenters. The van der Waals surface area contributed by atoms with Crippen LogP contribution in [0.5, 0.6) is 0 Å². The molecule has 0 N–H and O–H groups in total. The molecule has 3 nitrogen and oxygen atoms in total. The van der Waals surface area contributed by atoms with E-state index in [-0.39, 0.29) is 11.8 Å². The summed E-state index contributed by atoms with van der Waals surface area (Å²) in [5.41, 5.74) is 0.972. The molecular formula is C10H12N2OS. The summed E-state index contributed by atoms with van der Waals surface area (Å²) in [5, 5.41) is 2.78. The predicted molar refractivity (Wildman–Crippen MR) is 57.5 cm³/mol. The van der Waals surface area contributed by atoms with E-state index in [0.29, 0.717) is 6.42 Å². The molecule has 0 aromatic carbocycles. The molecule has 0 spiro atoms. The van der Waals surface area contributed by atoms with Crippen LogP contribution in [-0.2, 0) is 4.79 Å². The quantitative estimate of drug-likeness (QED) is 0.696. The van der Waals surface area contributed by atoms with Crippen LogP contribution in [0.2, 0.25) is 0 Å². The van der Waals surface area contributed by atoms with Crippen LogP contribution >= 0.6 is 11.3 Å². The van der Waals surface area contributed by atoms with Gasteiger partial charge in [0.05, 0.1) is 5.69 Å². The van der Waals surface area contributed by atoms with Gasteiger partial charge in [-0.15, -0.1) is 17.9 Å². The molecule has 0 saturated carbocycles. The van der Waals surface area contributed by atoms with Crippen molar-refractivity contribution in [2.24, 2.45) is 5.92 Å². The Morgan fingerprint density at radius 2 is 2.57 bits per heavy atom.